The molecule has 0 aliphatic carbocycles. The molecule has 164 valence electrons. The molecular formula is C25H18BrN3O4. The van der Waals surface area contributed by atoms with Gasteiger partial charge in [-0.2, -0.15) is 9.78 Å². The fourth-order valence-corrected chi connectivity index (χ4v) is 4.24. The number of hydrogen-bond donors (Lipinski definition) is 0. The maximum Gasteiger partial charge on any atom is 0.282 e. The first-order chi connectivity index (χ1) is 16.1. The third-order valence-corrected chi connectivity index (χ3v) is 5.77. The molecule has 0 spiro atoms. The normalized spacial score (nSPS) is 11.5. The molecule has 0 bridgehead atoms. The van der Waals surface area contributed by atoms with Gasteiger partial charge in [-0.25, -0.2) is 4.98 Å². The molecule has 0 fully saturated rings. The van der Waals surface area contributed by atoms with Gasteiger partial charge in [-0.05, 0) is 57.9 Å². The third kappa shape index (κ3) is 3.78. The van der Waals surface area contributed by atoms with E-state index in [0.29, 0.717) is 49.6 Å². The van der Waals surface area contributed by atoms with Crippen molar-refractivity contribution >= 4 is 44.0 Å². The van der Waals surface area contributed by atoms with E-state index in [4.69, 9.17) is 18.9 Å². The summed E-state index contributed by atoms with van der Waals surface area (Å²) in [6.45, 7) is 0. The average Bonchev–Trinajstić information content (AvgIpc) is 3.27. The smallest absolute Gasteiger partial charge is 0.282 e. The Labute approximate surface area is 197 Å². The summed E-state index contributed by atoms with van der Waals surface area (Å²) in [7, 11) is 3.12. The van der Waals surface area contributed by atoms with Crippen LogP contribution in [0.2, 0.25) is 0 Å². The zero-order chi connectivity index (χ0) is 22.9. The molecule has 5 rings (SSSR count). The Balaban J connectivity index is 1.70. The lowest BCUT2D eigenvalue weighted by molar-refractivity contribution is 0.353. The SMILES string of the molecule is COc1cc(C=Nn2c(-c3cc4ccccc4o3)nc3ccccc3c2=O)cc(Br)c1OC. The number of rotatable bonds is 5. The topological polar surface area (TPSA) is 78.9 Å². The molecule has 0 radical (unpaired) electrons. The Morgan fingerprint density at radius 1 is 1.03 bits per heavy atom. The van der Waals surface area contributed by atoms with Gasteiger partial charge in [0.15, 0.2) is 17.3 Å². The molecule has 0 atom stereocenters. The number of aromatic nitrogens is 2. The second-order valence-corrected chi connectivity index (χ2v) is 8.06. The van der Waals surface area contributed by atoms with Crippen LogP contribution in [-0.4, -0.2) is 30.1 Å². The van der Waals surface area contributed by atoms with Gasteiger partial charge in [0.2, 0.25) is 5.82 Å². The summed E-state index contributed by atoms with van der Waals surface area (Å²) in [6, 6.07) is 20.2. The summed E-state index contributed by atoms with van der Waals surface area (Å²) in [5, 5.41) is 5.86. The van der Waals surface area contributed by atoms with Crippen LogP contribution in [0.5, 0.6) is 11.5 Å². The Morgan fingerprint density at radius 3 is 2.61 bits per heavy atom. The minimum atomic E-state index is -0.299. The van der Waals surface area contributed by atoms with Crippen LogP contribution in [0.15, 0.2) is 85.5 Å². The van der Waals surface area contributed by atoms with E-state index in [-0.39, 0.29) is 5.56 Å². The fourth-order valence-electron chi connectivity index (χ4n) is 3.62. The van der Waals surface area contributed by atoms with Gasteiger partial charge in [-0.3, -0.25) is 4.79 Å². The predicted molar refractivity (Wildman–Crippen MR) is 131 cm³/mol. The van der Waals surface area contributed by atoms with Crippen LogP contribution in [-0.2, 0) is 0 Å². The van der Waals surface area contributed by atoms with Crippen molar-refractivity contribution in [2.75, 3.05) is 14.2 Å². The molecule has 8 heteroatoms. The molecule has 2 aromatic heterocycles. The lowest BCUT2D eigenvalue weighted by atomic mass is 10.2. The van der Waals surface area contributed by atoms with Crippen molar-refractivity contribution in [3.63, 3.8) is 0 Å². The summed E-state index contributed by atoms with van der Waals surface area (Å²) in [6.07, 6.45) is 1.57. The molecule has 0 aliphatic rings. The number of nitrogens with zero attached hydrogens (tertiary/aromatic N) is 3. The second kappa shape index (κ2) is 8.55. The van der Waals surface area contributed by atoms with Gasteiger partial charge >= 0.3 is 0 Å². The van der Waals surface area contributed by atoms with Gasteiger partial charge < -0.3 is 13.9 Å². The number of hydrogen-bond acceptors (Lipinski definition) is 6. The van der Waals surface area contributed by atoms with Crippen LogP contribution in [0.25, 0.3) is 33.5 Å². The molecule has 3 aromatic carbocycles. The van der Waals surface area contributed by atoms with E-state index < -0.39 is 0 Å². The van der Waals surface area contributed by atoms with Gasteiger partial charge in [0.25, 0.3) is 5.56 Å². The van der Waals surface area contributed by atoms with E-state index in [1.807, 2.05) is 42.5 Å². The number of fused-ring (bicyclic) bond motifs is 2. The molecule has 0 N–H and O–H groups in total. The molecule has 33 heavy (non-hydrogen) atoms. The molecule has 0 aliphatic heterocycles. The summed E-state index contributed by atoms with van der Waals surface area (Å²) >= 11 is 3.48. The van der Waals surface area contributed by atoms with E-state index in [0.717, 1.165) is 5.39 Å². The van der Waals surface area contributed by atoms with Crippen LogP contribution < -0.4 is 15.0 Å². The van der Waals surface area contributed by atoms with Gasteiger partial charge in [0.1, 0.15) is 5.58 Å². The molecule has 2 heterocycles. The minimum absolute atomic E-state index is 0.299. The highest BCUT2D eigenvalue weighted by Crippen LogP contribution is 2.36. The van der Waals surface area contributed by atoms with E-state index in [1.165, 1.54) is 4.68 Å². The van der Waals surface area contributed by atoms with E-state index in [2.05, 4.69) is 21.0 Å². The zero-order valence-electron chi connectivity index (χ0n) is 17.8. The Bertz CT molecular complexity index is 1550. The average molecular weight is 504 g/mol. The number of halogens is 1. The second-order valence-electron chi connectivity index (χ2n) is 7.20. The highest BCUT2D eigenvalue weighted by atomic mass is 79.9. The lowest BCUT2D eigenvalue weighted by Crippen LogP contribution is -2.20. The summed E-state index contributed by atoms with van der Waals surface area (Å²) in [5.41, 5.74) is 1.68. The molecule has 0 saturated heterocycles. The summed E-state index contributed by atoms with van der Waals surface area (Å²) in [5.74, 6) is 1.87. The van der Waals surface area contributed by atoms with Crippen molar-refractivity contribution in [1.29, 1.82) is 0 Å². The first-order valence-electron chi connectivity index (χ1n) is 10.1. The standard InChI is InChI=1S/C25H18BrN3O4/c1-31-21-12-15(11-18(26)23(21)32-2)14-27-29-24(22-13-16-7-3-6-10-20(16)33-22)28-19-9-5-4-8-17(19)25(29)30/h3-14H,1-2H3. The van der Waals surface area contributed by atoms with Crippen molar-refractivity contribution in [2.24, 2.45) is 5.10 Å². The van der Waals surface area contributed by atoms with E-state index in [9.17, 15) is 4.79 Å². The number of furan rings is 1. The maximum atomic E-state index is 13.4. The highest BCUT2D eigenvalue weighted by molar-refractivity contribution is 9.10. The minimum Gasteiger partial charge on any atom is -0.493 e. The highest BCUT2D eigenvalue weighted by Gasteiger charge is 2.16. The van der Waals surface area contributed by atoms with E-state index in [1.54, 1.807) is 44.7 Å². The Hall–Kier alpha value is -3.91. The largest absolute Gasteiger partial charge is 0.493 e. The first-order valence-corrected chi connectivity index (χ1v) is 10.8. The zero-order valence-corrected chi connectivity index (χ0v) is 19.4. The van der Waals surface area contributed by atoms with Crippen LogP contribution >= 0.6 is 15.9 Å². The van der Waals surface area contributed by atoms with Crippen molar-refractivity contribution < 1.29 is 13.9 Å². The quantitative estimate of drug-likeness (QED) is 0.297. The van der Waals surface area contributed by atoms with Gasteiger partial charge in [0.05, 0.1) is 35.8 Å². The molecular weight excluding hydrogens is 486 g/mol. The summed E-state index contributed by atoms with van der Waals surface area (Å²) < 4.78 is 18.7. The third-order valence-electron chi connectivity index (χ3n) is 5.18. The molecule has 0 unspecified atom stereocenters. The van der Waals surface area contributed by atoms with Gasteiger partial charge in [0, 0.05) is 5.39 Å². The van der Waals surface area contributed by atoms with Crippen molar-refractivity contribution in [3.8, 4) is 23.1 Å². The molecule has 0 amide bonds. The number of ether oxygens (including phenoxy) is 2. The van der Waals surface area contributed by atoms with Crippen LogP contribution in [0.1, 0.15) is 5.56 Å². The van der Waals surface area contributed by atoms with Crippen molar-refractivity contribution in [1.82, 2.24) is 9.66 Å². The van der Waals surface area contributed by atoms with Crippen molar-refractivity contribution in [3.05, 3.63) is 87.1 Å². The van der Waals surface area contributed by atoms with Crippen LogP contribution in [0.4, 0.5) is 0 Å². The predicted octanol–water partition coefficient (Wildman–Crippen LogP) is 5.47. The van der Waals surface area contributed by atoms with E-state index >= 15 is 0 Å². The Kier molecular flexibility index (Phi) is 5.43. The molecule has 7 nitrogen and oxygen atoms in total. The fraction of sp³-hybridized carbons (Fsp3) is 0.0800. The van der Waals surface area contributed by atoms with Crippen LogP contribution in [0.3, 0.4) is 0 Å². The number of benzene rings is 3. The number of para-hydroxylation sites is 2. The van der Waals surface area contributed by atoms with Crippen LogP contribution in [0, 0.1) is 0 Å². The first kappa shape index (κ1) is 21.0. The maximum absolute atomic E-state index is 13.4. The lowest BCUT2D eigenvalue weighted by Gasteiger charge is -2.10. The van der Waals surface area contributed by atoms with Crippen molar-refractivity contribution in [2.45, 2.75) is 0 Å². The van der Waals surface area contributed by atoms with Gasteiger partial charge in [-0.1, -0.05) is 30.3 Å². The monoisotopic (exact) mass is 503 g/mol. The van der Waals surface area contributed by atoms with Gasteiger partial charge in [-0.15, -0.1) is 0 Å². The molecule has 5 aromatic rings. The summed E-state index contributed by atoms with van der Waals surface area (Å²) in [4.78, 5) is 18.1. The molecule has 0 saturated carbocycles. The Morgan fingerprint density at radius 2 is 1.82 bits per heavy atom. The number of methoxy groups -OCH3 is 2.